The van der Waals surface area contributed by atoms with Crippen molar-refractivity contribution in [2.24, 2.45) is 0 Å². The molecule has 1 unspecified atom stereocenters. The Balaban J connectivity index is 0.733. The van der Waals surface area contributed by atoms with Crippen LogP contribution in [0, 0.1) is 0 Å². The lowest BCUT2D eigenvalue weighted by Crippen LogP contribution is -2.52. The molecule has 0 saturated carbocycles. The molecule has 4 amide bonds. The van der Waals surface area contributed by atoms with E-state index in [1.54, 1.807) is 22.7 Å². The molecule has 0 bridgehead atoms. The molecule has 0 aliphatic carbocycles. The zero-order chi connectivity index (χ0) is 42.6. The molecule has 0 spiro atoms. The molecule has 62 heavy (non-hydrogen) atoms. The summed E-state index contributed by atoms with van der Waals surface area (Å²) in [5, 5.41) is 8.12. The third-order valence-electron chi connectivity index (χ3n) is 12.2. The van der Waals surface area contributed by atoms with E-state index < -0.39 is 6.04 Å². The van der Waals surface area contributed by atoms with Gasteiger partial charge in [0.05, 0.1) is 11.4 Å². The van der Waals surface area contributed by atoms with E-state index in [1.807, 2.05) is 82.4 Å². The van der Waals surface area contributed by atoms with Crippen molar-refractivity contribution in [3.8, 4) is 22.8 Å². The summed E-state index contributed by atoms with van der Waals surface area (Å²) in [5.74, 6) is 1.95. The van der Waals surface area contributed by atoms with Crippen LogP contribution in [0.4, 0.5) is 5.82 Å². The van der Waals surface area contributed by atoms with E-state index in [4.69, 9.17) is 15.6 Å². The smallest absolute Gasteiger partial charge is 0.255 e. The van der Waals surface area contributed by atoms with Gasteiger partial charge in [0, 0.05) is 80.9 Å². The normalized spacial score (nSPS) is 20.0. The number of rotatable bonds is 13. The van der Waals surface area contributed by atoms with Crippen molar-refractivity contribution in [1.82, 2.24) is 44.7 Å². The maximum Gasteiger partial charge on any atom is 0.255 e. The lowest BCUT2D eigenvalue weighted by Gasteiger charge is -2.34. The van der Waals surface area contributed by atoms with E-state index in [-0.39, 0.29) is 36.1 Å². The van der Waals surface area contributed by atoms with Gasteiger partial charge in [-0.2, -0.15) is 5.10 Å². The van der Waals surface area contributed by atoms with Crippen LogP contribution in [0.3, 0.4) is 0 Å². The van der Waals surface area contributed by atoms with E-state index in [0.717, 1.165) is 86.1 Å². The Labute approximate surface area is 364 Å². The van der Waals surface area contributed by atoms with Crippen LogP contribution in [0.2, 0.25) is 0 Å². The molecule has 5 aromatic rings. The largest absolute Gasteiger partial charge is 0.457 e. The minimum atomic E-state index is -0.609. The predicted molar refractivity (Wildman–Crippen MR) is 236 cm³/mol. The number of para-hydroxylation sites is 1. The number of amides is 4. The average Bonchev–Trinajstić information content (AvgIpc) is 3.85. The summed E-state index contributed by atoms with van der Waals surface area (Å²) in [6, 6.07) is 22.5. The van der Waals surface area contributed by atoms with Crippen LogP contribution in [-0.4, -0.2) is 127 Å². The number of nitrogens with two attached hydrogens (primary N) is 1. The van der Waals surface area contributed by atoms with Crippen molar-refractivity contribution in [3.05, 3.63) is 102 Å². The molecule has 320 valence electrons. The number of thioether (sulfide) groups is 1. The van der Waals surface area contributed by atoms with Gasteiger partial charge in [-0.05, 0) is 92.1 Å². The SMILES string of the molecule is Nc1ncnc2c1c(-c1ccc(Oc3ccccc3)cc1)nn2[C@@H]1CCCN(C(=O)/C=C/CN2CCN(CCCSc3cccc4c3CN(C3CCC(=O)NC3=O)C4=O)CC2)C1. The van der Waals surface area contributed by atoms with E-state index in [9.17, 15) is 19.2 Å². The number of ether oxygens (including phenoxy) is 1. The fraction of sp³-hybridized carbons (Fsp3) is 0.370. The van der Waals surface area contributed by atoms with Crippen LogP contribution >= 0.6 is 11.8 Å². The van der Waals surface area contributed by atoms with Gasteiger partial charge in [-0.1, -0.05) is 30.3 Å². The highest BCUT2D eigenvalue weighted by molar-refractivity contribution is 7.99. The summed E-state index contributed by atoms with van der Waals surface area (Å²) >= 11 is 1.76. The maximum atomic E-state index is 13.5. The number of nitrogen functional groups attached to an aromatic ring is 1. The lowest BCUT2D eigenvalue weighted by atomic mass is 10.0. The fourth-order valence-corrected chi connectivity index (χ4v) is 9.90. The number of imide groups is 1. The van der Waals surface area contributed by atoms with Gasteiger partial charge in [0.2, 0.25) is 17.7 Å². The van der Waals surface area contributed by atoms with Crippen LogP contribution in [0.25, 0.3) is 22.3 Å². The molecule has 2 aromatic heterocycles. The third kappa shape index (κ3) is 8.94. The van der Waals surface area contributed by atoms with E-state index in [0.29, 0.717) is 59.9 Å². The zero-order valence-electron chi connectivity index (χ0n) is 34.5. The molecule has 4 aliphatic heterocycles. The average molecular weight is 855 g/mol. The molecule has 4 aliphatic rings. The van der Waals surface area contributed by atoms with E-state index in [1.165, 1.54) is 6.33 Å². The summed E-state index contributed by atoms with van der Waals surface area (Å²) in [6.45, 7) is 7.12. The second kappa shape index (κ2) is 18.5. The Morgan fingerprint density at radius 2 is 1.69 bits per heavy atom. The molecule has 3 saturated heterocycles. The zero-order valence-corrected chi connectivity index (χ0v) is 35.3. The number of likely N-dealkylation sites (tertiary alicyclic amines) is 1. The summed E-state index contributed by atoms with van der Waals surface area (Å²) in [7, 11) is 0. The number of nitrogens with one attached hydrogen (secondary N) is 1. The molecular weight excluding hydrogens is 805 g/mol. The molecule has 9 rings (SSSR count). The number of piperidine rings is 2. The first-order valence-electron chi connectivity index (χ1n) is 21.4. The number of carbonyl (C=O) groups is 4. The lowest BCUT2D eigenvalue weighted by molar-refractivity contribution is -0.137. The van der Waals surface area contributed by atoms with Gasteiger partial charge < -0.3 is 25.2 Å². The summed E-state index contributed by atoms with van der Waals surface area (Å²) in [5.41, 5.74) is 10.3. The Kier molecular flexibility index (Phi) is 12.3. The number of aromatic nitrogens is 4. The number of anilines is 1. The standard InChI is InChI=1S/C46H50N10O5S/c47-43-41-42(31-14-16-34(17-15-31)61-33-9-2-1-3-10-33)51-56(44(41)49-30-48-43)32-8-5-22-54(28-32)40(58)13-6-20-52-23-25-53(26-24-52)21-7-27-62-38-12-4-11-35-36(38)29-55(46(35)60)37-18-19-39(57)50-45(37)59/h1-4,6,9-17,30,32,37H,5,7-8,18-29H2,(H2,47,48,49)(H,50,57,59)/b13-6+/t32-,37?/m1/s1. The fourth-order valence-electron chi connectivity index (χ4n) is 8.88. The minimum absolute atomic E-state index is 0.00257. The monoisotopic (exact) mass is 854 g/mol. The first-order valence-corrected chi connectivity index (χ1v) is 22.4. The molecule has 15 nitrogen and oxygen atoms in total. The number of piperazine rings is 1. The van der Waals surface area contributed by atoms with Crippen molar-refractivity contribution in [3.63, 3.8) is 0 Å². The second-order valence-electron chi connectivity index (χ2n) is 16.2. The second-order valence-corrected chi connectivity index (χ2v) is 17.3. The van der Waals surface area contributed by atoms with Gasteiger partial charge in [-0.3, -0.25) is 29.4 Å². The molecule has 3 N–H and O–H groups in total. The van der Waals surface area contributed by atoms with Crippen molar-refractivity contribution in [2.45, 2.75) is 55.6 Å². The van der Waals surface area contributed by atoms with Gasteiger partial charge in [0.15, 0.2) is 5.65 Å². The predicted octanol–water partition coefficient (Wildman–Crippen LogP) is 5.15. The van der Waals surface area contributed by atoms with Gasteiger partial charge in [-0.15, -0.1) is 11.8 Å². The quantitative estimate of drug-likeness (QED) is 0.0692. The van der Waals surface area contributed by atoms with Crippen molar-refractivity contribution in [1.29, 1.82) is 0 Å². The Morgan fingerprint density at radius 1 is 0.903 bits per heavy atom. The molecular formula is C46H50N10O5S. The Hall–Kier alpha value is -6.10. The molecule has 3 fully saturated rings. The molecule has 2 atom stereocenters. The summed E-state index contributed by atoms with van der Waals surface area (Å²) in [4.78, 5) is 69.2. The van der Waals surface area contributed by atoms with Gasteiger partial charge in [0.25, 0.3) is 5.91 Å². The number of fused-ring (bicyclic) bond motifs is 2. The van der Waals surface area contributed by atoms with Gasteiger partial charge in [-0.25, -0.2) is 14.6 Å². The van der Waals surface area contributed by atoms with Crippen molar-refractivity contribution in [2.75, 3.05) is 63.8 Å². The topological polar surface area (TPSA) is 172 Å². The maximum absolute atomic E-state index is 13.5. The minimum Gasteiger partial charge on any atom is -0.457 e. The first-order chi connectivity index (χ1) is 30.3. The Morgan fingerprint density at radius 3 is 2.50 bits per heavy atom. The highest BCUT2D eigenvalue weighted by atomic mass is 32.2. The van der Waals surface area contributed by atoms with Gasteiger partial charge >= 0.3 is 0 Å². The molecule has 16 heteroatoms. The van der Waals surface area contributed by atoms with Crippen LogP contribution < -0.4 is 15.8 Å². The molecule has 0 radical (unpaired) electrons. The van der Waals surface area contributed by atoms with Crippen LogP contribution in [0.1, 0.15) is 54.1 Å². The highest BCUT2D eigenvalue weighted by Crippen LogP contribution is 2.36. The van der Waals surface area contributed by atoms with E-state index in [2.05, 4.69) is 31.2 Å². The third-order valence-corrected chi connectivity index (χ3v) is 13.4. The summed E-state index contributed by atoms with van der Waals surface area (Å²) < 4.78 is 7.92. The van der Waals surface area contributed by atoms with Gasteiger partial charge in [0.1, 0.15) is 35.4 Å². The van der Waals surface area contributed by atoms with Crippen LogP contribution in [0.5, 0.6) is 11.5 Å². The van der Waals surface area contributed by atoms with E-state index >= 15 is 0 Å². The summed E-state index contributed by atoms with van der Waals surface area (Å²) in [6.07, 6.45) is 8.50. The number of benzene rings is 3. The number of nitrogens with zero attached hydrogens (tertiary/aromatic N) is 8. The van der Waals surface area contributed by atoms with Crippen LogP contribution in [-0.2, 0) is 20.9 Å². The van der Waals surface area contributed by atoms with Crippen molar-refractivity contribution >= 4 is 52.2 Å². The molecule has 6 heterocycles. The molecule has 3 aromatic carbocycles. The number of carbonyl (C=O) groups excluding carboxylic acids is 4. The Bertz CT molecular complexity index is 2490. The number of hydrogen-bond acceptors (Lipinski definition) is 12. The van der Waals surface area contributed by atoms with Crippen LogP contribution in [0.15, 0.2) is 96.2 Å². The highest BCUT2D eigenvalue weighted by Gasteiger charge is 2.40. The number of hydrogen-bond donors (Lipinski definition) is 2. The first kappa shape index (κ1) is 41.3. The van der Waals surface area contributed by atoms with Crippen molar-refractivity contribution < 1.29 is 23.9 Å².